The first-order valence-corrected chi connectivity index (χ1v) is 9.98. The van der Waals surface area contributed by atoms with Crippen molar-refractivity contribution in [2.75, 3.05) is 13.2 Å². The van der Waals surface area contributed by atoms with Crippen LogP contribution in [0.15, 0.2) is 30.3 Å². The number of nitrogens with two attached hydrogens (primary N) is 1. The van der Waals surface area contributed by atoms with Gasteiger partial charge in [-0.3, -0.25) is 0 Å². The molecule has 2 N–H and O–H groups in total. The number of ether oxygens (including phenoxy) is 1. The average molecular weight is 333 g/mol. The summed E-state index contributed by atoms with van der Waals surface area (Å²) in [5.41, 5.74) is 1.94. The first-order valence-electron chi connectivity index (χ1n) is 9.98. The quantitative estimate of drug-likeness (QED) is 0.667. The molecular weight excluding hydrogens is 294 g/mol. The highest BCUT2D eigenvalue weighted by Gasteiger charge is 2.37. The van der Waals surface area contributed by atoms with Gasteiger partial charge in [0.15, 0.2) is 0 Å². The maximum absolute atomic E-state index is 6.07. The molecule has 1 heterocycles. The minimum absolute atomic E-state index is 0.458. The van der Waals surface area contributed by atoms with Crippen molar-refractivity contribution in [2.24, 2.45) is 17.3 Å². The molecule has 0 radical (unpaired) electrons. The molecule has 0 bridgehead atoms. The zero-order chi connectivity index (χ0) is 17.4. The Morgan fingerprint density at radius 1 is 1.12 bits per heavy atom. The van der Waals surface area contributed by atoms with Gasteiger partial charge in [-0.1, -0.05) is 64.4 Å². The molecule has 0 aromatic heterocycles. The van der Waals surface area contributed by atoms with Crippen LogP contribution in [0.25, 0.3) is 0 Å². The molecule has 2 nitrogen and oxygen atoms in total. The summed E-state index contributed by atoms with van der Waals surface area (Å²) in [6, 6.07) is 10.8. The van der Waals surface area contributed by atoms with Gasteiger partial charge in [-0.25, -0.2) is 0 Å². The molecule has 136 valence electrons. The van der Waals surface area contributed by atoms with E-state index in [-0.39, 0.29) is 0 Å². The topological polar surface area (TPSA) is 25.8 Å². The monoisotopic (exact) mass is 332 g/mol. The van der Waals surface area contributed by atoms with Crippen LogP contribution in [0.2, 0.25) is 0 Å². The highest BCUT2D eigenvalue weighted by Crippen LogP contribution is 2.43. The molecule has 0 amide bonds. The Hall–Kier alpha value is -0.860. The lowest BCUT2D eigenvalue weighted by molar-refractivity contribution is -0.672. The molecule has 0 unspecified atom stereocenters. The second-order valence-corrected chi connectivity index (χ2v) is 8.56. The molecule has 1 aliphatic rings. The predicted octanol–water partition coefficient (Wildman–Crippen LogP) is 4.40. The summed E-state index contributed by atoms with van der Waals surface area (Å²) in [6.45, 7) is 12.6. The Labute approximate surface area is 149 Å². The summed E-state index contributed by atoms with van der Waals surface area (Å²) in [7, 11) is 0. The summed E-state index contributed by atoms with van der Waals surface area (Å²) in [6.07, 6.45) is 7.03. The van der Waals surface area contributed by atoms with Gasteiger partial charge in [-0.05, 0) is 36.5 Å². The van der Waals surface area contributed by atoms with Gasteiger partial charge in [0, 0.05) is 18.6 Å². The fraction of sp³-hybridized carbons (Fsp3) is 0.727. The van der Waals surface area contributed by atoms with Crippen molar-refractivity contribution in [3.8, 4) is 0 Å². The van der Waals surface area contributed by atoms with Crippen molar-refractivity contribution in [1.82, 2.24) is 0 Å². The van der Waals surface area contributed by atoms with E-state index >= 15 is 0 Å². The van der Waals surface area contributed by atoms with Gasteiger partial charge in [0.25, 0.3) is 0 Å². The molecule has 1 aromatic carbocycles. The minimum atomic E-state index is 0.458. The van der Waals surface area contributed by atoms with Crippen LogP contribution in [0, 0.1) is 17.3 Å². The smallest absolute Gasteiger partial charge is 0.101 e. The number of quaternary nitrogens is 1. The molecule has 1 aromatic rings. The van der Waals surface area contributed by atoms with E-state index in [1.807, 2.05) is 0 Å². The molecule has 2 rings (SSSR count). The van der Waals surface area contributed by atoms with E-state index in [2.05, 4.69) is 63.3 Å². The third kappa shape index (κ3) is 6.22. The van der Waals surface area contributed by atoms with Gasteiger partial charge in [-0.2, -0.15) is 0 Å². The third-order valence-corrected chi connectivity index (χ3v) is 5.70. The summed E-state index contributed by atoms with van der Waals surface area (Å²) >= 11 is 0. The first-order chi connectivity index (χ1) is 11.5. The zero-order valence-electron chi connectivity index (χ0n) is 16.3. The van der Waals surface area contributed by atoms with E-state index in [0.29, 0.717) is 17.4 Å². The van der Waals surface area contributed by atoms with Crippen molar-refractivity contribution in [3.63, 3.8) is 0 Å². The van der Waals surface area contributed by atoms with E-state index in [9.17, 15) is 0 Å². The van der Waals surface area contributed by atoms with Gasteiger partial charge in [-0.15, -0.1) is 0 Å². The Bertz CT molecular complexity index is 456. The SMILES string of the molecule is CC(C)CC[C@@]1(CC[NH2+]Cc2ccccc2)CCO[C@@H](C(C)C)C1. The maximum atomic E-state index is 6.07. The molecular formula is C22H38NO+. The van der Waals surface area contributed by atoms with E-state index in [0.717, 1.165) is 19.1 Å². The van der Waals surface area contributed by atoms with Crippen LogP contribution in [0.4, 0.5) is 0 Å². The van der Waals surface area contributed by atoms with Crippen LogP contribution in [0.1, 0.15) is 65.4 Å². The summed E-state index contributed by atoms with van der Waals surface area (Å²) < 4.78 is 6.07. The molecule has 24 heavy (non-hydrogen) atoms. The normalized spacial score (nSPS) is 24.7. The predicted molar refractivity (Wildman–Crippen MR) is 102 cm³/mol. The van der Waals surface area contributed by atoms with Crippen LogP contribution >= 0.6 is 0 Å². The minimum Gasteiger partial charge on any atom is -0.378 e. The second kappa shape index (κ2) is 9.58. The van der Waals surface area contributed by atoms with Crippen molar-refractivity contribution in [2.45, 2.75) is 72.4 Å². The number of benzene rings is 1. The van der Waals surface area contributed by atoms with Gasteiger partial charge < -0.3 is 10.1 Å². The summed E-state index contributed by atoms with van der Waals surface area (Å²) in [5, 5.41) is 2.49. The van der Waals surface area contributed by atoms with Gasteiger partial charge in [0.2, 0.25) is 0 Å². The largest absolute Gasteiger partial charge is 0.378 e. The number of hydrogen-bond donors (Lipinski definition) is 1. The van der Waals surface area contributed by atoms with E-state index < -0.39 is 0 Å². The Morgan fingerprint density at radius 3 is 2.54 bits per heavy atom. The summed E-state index contributed by atoms with van der Waals surface area (Å²) in [4.78, 5) is 0. The second-order valence-electron chi connectivity index (χ2n) is 8.56. The Kier molecular flexibility index (Phi) is 7.77. The first kappa shape index (κ1) is 19.5. The van der Waals surface area contributed by atoms with Crippen LogP contribution in [0.5, 0.6) is 0 Å². The molecule has 0 aliphatic carbocycles. The van der Waals surface area contributed by atoms with Crippen molar-refractivity contribution in [1.29, 1.82) is 0 Å². The molecule has 1 fully saturated rings. The van der Waals surface area contributed by atoms with Gasteiger partial charge in [0.05, 0.1) is 12.6 Å². The highest BCUT2D eigenvalue weighted by atomic mass is 16.5. The van der Waals surface area contributed by atoms with E-state index in [1.54, 1.807) is 0 Å². The number of rotatable bonds is 9. The zero-order valence-corrected chi connectivity index (χ0v) is 16.3. The average Bonchev–Trinajstić information content (AvgIpc) is 2.58. The van der Waals surface area contributed by atoms with Crippen LogP contribution in [-0.4, -0.2) is 19.3 Å². The molecule has 1 aliphatic heterocycles. The van der Waals surface area contributed by atoms with Crippen molar-refractivity contribution < 1.29 is 10.1 Å². The maximum Gasteiger partial charge on any atom is 0.101 e. The highest BCUT2D eigenvalue weighted by molar-refractivity contribution is 5.12. The Morgan fingerprint density at radius 2 is 1.88 bits per heavy atom. The van der Waals surface area contributed by atoms with Crippen molar-refractivity contribution in [3.05, 3.63) is 35.9 Å². The molecule has 2 atom stereocenters. The van der Waals surface area contributed by atoms with Crippen LogP contribution < -0.4 is 5.32 Å². The van der Waals surface area contributed by atoms with Crippen LogP contribution in [-0.2, 0) is 11.3 Å². The molecule has 0 saturated carbocycles. The van der Waals surface area contributed by atoms with E-state index in [4.69, 9.17) is 4.74 Å². The summed E-state index contributed by atoms with van der Waals surface area (Å²) in [5.74, 6) is 1.44. The standard InChI is InChI=1S/C22H37NO/c1-18(2)10-11-22(13-15-24-21(16-22)19(3)4)12-14-23-17-20-8-6-5-7-9-20/h5-9,18-19,21,23H,10-17H2,1-4H3/p+1/t21-,22-/m1/s1. The lowest BCUT2D eigenvalue weighted by Gasteiger charge is -2.42. The molecule has 2 heteroatoms. The lowest BCUT2D eigenvalue weighted by atomic mass is 9.69. The van der Waals surface area contributed by atoms with Gasteiger partial charge in [0.1, 0.15) is 6.54 Å². The Balaban J connectivity index is 1.88. The third-order valence-electron chi connectivity index (χ3n) is 5.70. The molecule has 0 spiro atoms. The van der Waals surface area contributed by atoms with Crippen LogP contribution in [0.3, 0.4) is 0 Å². The lowest BCUT2D eigenvalue weighted by Crippen LogP contribution is -2.83. The number of hydrogen-bond acceptors (Lipinski definition) is 1. The fourth-order valence-electron chi connectivity index (χ4n) is 3.91. The van der Waals surface area contributed by atoms with Crippen molar-refractivity contribution >= 4 is 0 Å². The fourth-order valence-corrected chi connectivity index (χ4v) is 3.91. The van der Waals surface area contributed by atoms with E-state index in [1.165, 1.54) is 44.2 Å². The molecule has 1 saturated heterocycles. The van der Waals surface area contributed by atoms with Gasteiger partial charge >= 0.3 is 0 Å².